The van der Waals surface area contributed by atoms with Crippen LogP contribution in [-0.4, -0.2) is 41.2 Å². The average molecular weight is 380 g/mol. The van der Waals surface area contributed by atoms with Gasteiger partial charge in [-0.1, -0.05) is 0 Å². The van der Waals surface area contributed by atoms with Crippen LogP contribution < -0.4 is 20.3 Å². The maximum atomic E-state index is 12.3. The molecule has 0 spiro atoms. The first kappa shape index (κ1) is 19.1. The van der Waals surface area contributed by atoms with Gasteiger partial charge in [-0.2, -0.15) is 0 Å². The fourth-order valence-electron chi connectivity index (χ4n) is 2.62. The van der Waals surface area contributed by atoms with Crippen molar-refractivity contribution in [3.05, 3.63) is 70.9 Å². The van der Waals surface area contributed by atoms with E-state index in [2.05, 4.69) is 15.3 Å². The third-order valence-corrected chi connectivity index (χ3v) is 4.11. The van der Waals surface area contributed by atoms with Crippen LogP contribution in [0.4, 0.5) is 0 Å². The highest BCUT2D eigenvalue weighted by Crippen LogP contribution is 2.19. The van der Waals surface area contributed by atoms with Gasteiger partial charge in [-0.3, -0.25) is 14.2 Å². The molecule has 144 valence electrons. The topological polar surface area (TPSA) is 95.3 Å². The van der Waals surface area contributed by atoms with E-state index >= 15 is 0 Å². The van der Waals surface area contributed by atoms with Crippen molar-refractivity contribution >= 4 is 5.91 Å². The van der Waals surface area contributed by atoms with Gasteiger partial charge in [-0.05, 0) is 36.4 Å². The minimum Gasteiger partial charge on any atom is -0.497 e. The third kappa shape index (κ3) is 4.35. The number of aromatic nitrogens is 3. The van der Waals surface area contributed by atoms with Crippen molar-refractivity contribution in [3.63, 3.8) is 0 Å². The van der Waals surface area contributed by atoms with Crippen molar-refractivity contribution in [2.45, 2.75) is 6.54 Å². The number of hydrogen-bond donors (Lipinski definition) is 1. The molecule has 0 aliphatic rings. The van der Waals surface area contributed by atoms with Crippen LogP contribution in [0.1, 0.15) is 10.4 Å². The van der Waals surface area contributed by atoms with Crippen molar-refractivity contribution < 1.29 is 14.3 Å². The predicted octanol–water partition coefficient (Wildman–Crippen LogP) is 1.75. The summed E-state index contributed by atoms with van der Waals surface area (Å²) in [6.45, 7) is 0.559. The summed E-state index contributed by atoms with van der Waals surface area (Å²) in [5.41, 5.74) is 1.54. The molecule has 0 unspecified atom stereocenters. The Morgan fingerprint density at radius 1 is 1.11 bits per heavy atom. The van der Waals surface area contributed by atoms with Crippen LogP contribution in [0, 0.1) is 0 Å². The average Bonchev–Trinajstić information content (AvgIpc) is 2.74. The molecular formula is C20H20N4O4. The zero-order chi connectivity index (χ0) is 19.9. The predicted molar refractivity (Wildman–Crippen MR) is 104 cm³/mol. The minimum absolute atomic E-state index is 0.200. The smallest absolute Gasteiger partial charge is 0.256 e. The molecule has 0 saturated carbocycles. The monoisotopic (exact) mass is 380 g/mol. The highest BCUT2D eigenvalue weighted by atomic mass is 16.5. The standard InChI is InChI=1S/C20H20N4O4/c1-27-15-7-5-14(6-8-15)17-12-18(25)24(13-23-17)11-10-21-19(26)16-4-3-9-22-20(16)28-2/h3-9,12-13H,10-11H2,1-2H3,(H,21,26). The molecule has 0 radical (unpaired) electrons. The van der Waals surface area contributed by atoms with Crippen LogP contribution in [-0.2, 0) is 6.54 Å². The molecule has 8 heteroatoms. The number of nitrogens with one attached hydrogen (secondary N) is 1. The molecule has 3 rings (SSSR count). The summed E-state index contributed by atoms with van der Waals surface area (Å²) in [4.78, 5) is 32.9. The van der Waals surface area contributed by atoms with Gasteiger partial charge in [0.15, 0.2) is 0 Å². The second-order valence-corrected chi connectivity index (χ2v) is 5.85. The van der Waals surface area contributed by atoms with Crippen molar-refractivity contribution in [2.75, 3.05) is 20.8 Å². The Hall–Kier alpha value is -3.68. The van der Waals surface area contributed by atoms with E-state index in [9.17, 15) is 9.59 Å². The SMILES string of the molecule is COc1ccc(-c2cc(=O)n(CCNC(=O)c3cccnc3OC)cn2)cc1. The second-order valence-electron chi connectivity index (χ2n) is 5.85. The largest absolute Gasteiger partial charge is 0.497 e. The summed E-state index contributed by atoms with van der Waals surface area (Å²) in [5.74, 6) is 0.668. The number of rotatable bonds is 7. The Morgan fingerprint density at radius 3 is 2.57 bits per heavy atom. The van der Waals surface area contributed by atoms with Crippen LogP contribution in [0.3, 0.4) is 0 Å². The summed E-state index contributed by atoms with van der Waals surface area (Å²) < 4.78 is 11.6. The molecule has 3 aromatic rings. The number of nitrogens with zero attached hydrogens (tertiary/aromatic N) is 3. The lowest BCUT2D eigenvalue weighted by Crippen LogP contribution is -2.31. The molecule has 1 aromatic carbocycles. The molecule has 0 aliphatic heterocycles. The zero-order valence-electron chi connectivity index (χ0n) is 15.6. The van der Waals surface area contributed by atoms with Crippen molar-refractivity contribution in [3.8, 4) is 22.9 Å². The molecule has 0 bridgehead atoms. The molecule has 8 nitrogen and oxygen atoms in total. The van der Waals surface area contributed by atoms with Gasteiger partial charge < -0.3 is 14.8 Å². The van der Waals surface area contributed by atoms with Gasteiger partial charge in [0, 0.05) is 30.9 Å². The third-order valence-electron chi connectivity index (χ3n) is 4.11. The van der Waals surface area contributed by atoms with Crippen molar-refractivity contribution in [1.29, 1.82) is 0 Å². The summed E-state index contributed by atoms with van der Waals surface area (Å²) in [6, 6.07) is 12.0. The van der Waals surface area contributed by atoms with E-state index < -0.39 is 0 Å². The lowest BCUT2D eigenvalue weighted by atomic mass is 10.1. The van der Waals surface area contributed by atoms with Crippen LogP contribution in [0.25, 0.3) is 11.3 Å². The summed E-state index contributed by atoms with van der Waals surface area (Å²) >= 11 is 0. The number of carbonyl (C=O) groups is 1. The highest BCUT2D eigenvalue weighted by molar-refractivity contribution is 5.96. The maximum absolute atomic E-state index is 12.3. The molecule has 28 heavy (non-hydrogen) atoms. The first-order valence-electron chi connectivity index (χ1n) is 8.60. The Labute approximate surface area is 161 Å². The van der Waals surface area contributed by atoms with E-state index in [1.165, 1.54) is 24.1 Å². The molecule has 1 amide bonds. The quantitative estimate of drug-likeness (QED) is 0.671. The molecule has 2 heterocycles. The van der Waals surface area contributed by atoms with Gasteiger partial charge in [-0.15, -0.1) is 0 Å². The summed E-state index contributed by atoms with van der Waals surface area (Å²) in [5, 5.41) is 2.75. The first-order valence-corrected chi connectivity index (χ1v) is 8.60. The van der Waals surface area contributed by atoms with Gasteiger partial charge in [0.2, 0.25) is 5.88 Å². The fourth-order valence-corrected chi connectivity index (χ4v) is 2.62. The van der Waals surface area contributed by atoms with Crippen LogP contribution in [0.5, 0.6) is 11.6 Å². The first-order chi connectivity index (χ1) is 13.6. The number of benzene rings is 1. The molecular weight excluding hydrogens is 360 g/mol. The van der Waals surface area contributed by atoms with Crippen LogP contribution in [0.15, 0.2) is 59.8 Å². The molecule has 0 atom stereocenters. The number of ether oxygens (including phenoxy) is 2. The number of carbonyl (C=O) groups excluding carboxylic acids is 1. The van der Waals surface area contributed by atoms with E-state index in [1.54, 1.807) is 25.4 Å². The van der Waals surface area contributed by atoms with Gasteiger partial charge in [-0.25, -0.2) is 9.97 Å². The van der Waals surface area contributed by atoms with Gasteiger partial charge in [0.25, 0.3) is 11.5 Å². The van der Waals surface area contributed by atoms with Gasteiger partial charge in [0.1, 0.15) is 11.3 Å². The van der Waals surface area contributed by atoms with Crippen LogP contribution >= 0.6 is 0 Å². The molecule has 2 aromatic heterocycles. The van der Waals surface area contributed by atoms with E-state index in [1.807, 2.05) is 24.3 Å². The zero-order valence-corrected chi connectivity index (χ0v) is 15.6. The number of amides is 1. The molecule has 0 saturated heterocycles. The number of pyridine rings is 1. The summed E-state index contributed by atoms with van der Waals surface area (Å²) in [6.07, 6.45) is 3.02. The van der Waals surface area contributed by atoms with Crippen LogP contribution in [0.2, 0.25) is 0 Å². The van der Waals surface area contributed by atoms with Crippen molar-refractivity contribution in [1.82, 2.24) is 19.9 Å². The Kier molecular flexibility index (Phi) is 6.01. The van der Waals surface area contributed by atoms with E-state index in [0.717, 1.165) is 11.3 Å². The minimum atomic E-state index is -0.319. The molecule has 0 aliphatic carbocycles. The Bertz CT molecular complexity index is 1020. The van der Waals surface area contributed by atoms with E-state index in [0.29, 0.717) is 17.8 Å². The number of methoxy groups -OCH3 is 2. The van der Waals surface area contributed by atoms with E-state index in [4.69, 9.17) is 9.47 Å². The van der Waals surface area contributed by atoms with Gasteiger partial charge >= 0.3 is 0 Å². The molecule has 1 N–H and O–H groups in total. The lowest BCUT2D eigenvalue weighted by Gasteiger charge is -2.10. The second kappa shape index (κ2) is 8.81. The normalized spacial score (nSPS) is 10.4. The highest BCUT2D eigenvalue weighted by Gasteiger charge is 2.12. The maximum Gasteiger partial charge on any atom is 0.256 e. The van der Waals surface area contributed by atoms with Crippen molar-refractivity contribution in [2.24, 2.45) is 0 Å². The number of hydrogen-bond acceptors (Lipinski definition) is 6. The molecule has 0 fully saturated rings. The fraction of sp³-hybridized carbons (Fsp3) is 0.200. The van der Waals surface area contributed by atoms with Gasteiger partial charge in [0.05, 0.1) is 26.2 Å². The lowest BCUT2D eigenvalue weighted by molar-refractivity contribution is 0.0948. The Morgan fingerprint density at radius 2 is 1.89 bits per heavy atom. The van der Waals surface area contributed by atoms with E-state index in [-0.39, 0.29) is 23.9 Å². The summed E-state index contributed by atoms with van der Waals surface area (Å²) in [7, 11) is 3.05. The Balaban J connectivity index is 1.63.